The largest absolute Gasteiger partial charge is 0.381 e. The first-order valence-electron chi connectivity index (χ1n) is 13.6. The lowest BCUT2D eigenvalue weighted by atomic mass is 9.83. The maximum Gasteiger partial charge on any atom is 0.253 e. The van der Waals surface area contributed by atoms with Gasteiger partial charge in [-0.05, 0) is 64.2 Å². The summed E-state index contributed by atoms with van der Waals surface area (Å²) in [6.07, 6.45) is 6.85. The van der Waals surface area contributed by atoms with Crippen LogP contribution in [0.2, 0.25) is 0 Å². The van der Waals surface area contributed by atoms with Crippen molar-refractivity contribution in [3.8, 4) is 0 Å². The highest BCUT2D eigenvalue weighted by atomic mass is 16.5. The lowest BCUT2D eigenvalue weighted by molar-refractivity contribution is -0.134. The summed E-state index contributed by atoms with van der Waals surface area (Å²) in [5.41, 5.74) is 5.12. The third kappa shape index (κ3) is 4.99. The summed E-state index contributed by atoms with van der Waals surface area (Å²) in [5, 5.41) is 6.28. The number of nitrogens with zero attached hydrogens (tertiary/aromatic N) is 5. The zero-order chi connectivity index (χ0) is 26.8. The topological polar surface area (TPSA) is 94.1 Å². The lowest BCUT2D eigenvalue weighted by Gasteiger charge is -2.36. The second kappa shape index (κ2) is 11.1. The van der Waals surface area contributed by atoms with E-state index in [9.17, 15) is 9.59 Å². The summed E-state index contributed by atoms with van der Waals surface area (Å²) in [6, 6.07) is 4.14. The second-order valence-electron chi connectivity index (χ2n) is 10.6. The maximum atomic E-state index is 14.0. The number of ether oxygens (including phenoxy) is 1. The minimum absolute atomic E-state index is 0.110. The van der Waals surface area contributed by atoms with Gasteiger partial charge in [-0.25, -0.2) is 4.98 Å². The molecule has 0 spiro atoms. The molecule has 1 amide bonds. The molecular weight excluding hydrogens is 480 g/mol. The van der Waals surface area contributed by atoms with Gasteiger partial charge in [0.25, 0.3) is 5.56 Å². The zero-order valence-electron chi connectivity index (χ0n) is 22.7. The number of carbonyl (C=O) groups excluding carboxylic acids is 1. The van der Waals surface area contributed by atoms with Crippen LogP contribution in [0.3, 0.4) is 0 Å². The van der Waals surface area contributed by atoms with Crippen molar-refractivity contribution in [1.29, 1.82) is 0 Å². The van der Waals surface area contributed by atoms with Gasteiger partial charge in [-0.2, -0.15) is 5.10 Å². The van der Waals surface area contributed by atoms with E-state index < -0.39 is 0 Å². The number of aryl methyl sites for hydroxylation is 1. The van der Waals surface area contributed by atoms with Crippen LogP contribution in [0.4, 0.5) is 11.5 Å². The van der Waals surface area contributed by atoms with Gasteiger partial charge in [0.2, 0.25) is 5.91 Å². The number of carbonyl (C=O) groups is 1. The van der Waals surface area contributed by atoms with Gasteiger partial charge in [0.1, 0.15) is 5.82 Å². The summed E-state index contributed by atoms with van der Waals surface area (Å²) >= 11 is 0. The number of hydrazone groups is 1. The molecule has 4 heterocycles. The Morgan fingerprint density at radius 2 is 1.97 bits per heavy atom. The third-order valence-electron chi connectivity index (χ3n) is 8.19. The van der Waals surface area contributed by atoms with E-state index in [1.54, 1.807) is 0 Å². The van der Waals surface area contributed by atoms with Crippen LogP contribution in [0.5, 0.6) is 0 Å². The Morgan fingerprint density at radius 3 is 2.71 bits per heavy atom. The fraction of sp³-hybridized carbons (Fsp3) is 0.517. The first kappa shape index (κ1) is 26.2. The normalized spacial score (nSPS) is 20.4. The van der Waals surface area contributed by atoms with Gasteiger partial charge in [-0.1, -0.05) is 11.6 Å². The summed E-state index contributed by atoms with van der Waals surface area (Å²) in [6.45, 7) is 14.1. The number of nitrogens with one attached hydrogen (secondary N) is 1. The number of fused-ring (bicyclic) bond motifs is 1. The van der Waals surface area contributed by atoms with Crippen molar-refractivity contribution in [2.24, 2.45) is 11.0 Å². The molecule has 0 aromatic carbocycles. The number of anilines is 2. The van der Waals surface area contributed by atoms with Crippen LogP contribution in [-0.4, -0.2) is 72.9 Å². The minimum Gasteiger partial charge on any atom is -0.381 e. The van der Waals surface area contributed by atoms with Gasteiger partial charge >= 0.3 is 0 Å². The number of aromatic nitrogens is 2. The molecule has 2 saturated heterocycles. The molecule has 2 aliphatic heterocycles. The fourth-order valence-electron chi connectivity index (χ4n) is 6.05. The van der Waals surface area contributed by atoms with E-state index in [1.165, 1.54) is 0 Å². The van der Waals surface area contributed by atoms with Crippen molar-refractivity contribution >= 4 is 30.2 Å². The van der Waals surface area contributed by atoms with Crippen LogP contribution in [0.1, 0.15) is 48.6 Å². The molecule has 2 fully saturated rings. The predicted octanol–water partition coefficient (Wildman–Crippen LogP) is 3.30. The Bertz CT molecular complexity index is 1300. The molecule has 9 nitrogen and oxygen atoms in total. The van der Waals surface area contributed by atoms with Crippen molar-refractivity contribution in [1.82, 2.24) is 14.9 Å². The van der Waals surface area contributed by atoms with Crippen LogP contribution >= 0.6 is 0 Å². The highest BCUT2D eigenvalue weighted by Crippen LogP contribution is 2.37. The van der Waals surface area contributed by atoms with E-state index in [0.29, 0.717) is 31.7 Å². The standard InChI is InChI=1S/C29H38N6O3/c1-19-7-5-10-31-27(19)33-11-6-12-34(14-13-33)29(37)23-18-24-25(17-20(23)2)32-28(36)21(3)26(24)35(30-4)22-8-15-38-16-9-22/h5,7,10,17,22-23H,4,6,8-9,11-16,18H2,1-3H3,(H,32,36). The van der Waals surface area contributed by atoms with Crippen molar-refractivity contribution in [2.75, 3.05) is 49.3 Å². The molecule has 38 heavy (non-hydrogen) atoms. The molecule has 0 saturated carbocycles. The quantitative estimate of drug-likeness (QED) is 0.482. The Kier molecular flexibility index (Phi) is 7.65. The van der Waals surface area contributed by atoms with E-state index in [0.717, 1.165) is 72.8 Å². The van der Waals surface area contributed by atoms with Crippen LogP contribution in [0.25, 0.3) is 6.08 Å². The smallest absolute Gasteiger partial charge is 0.253 e. The van der Waals surface area contributed by atoms with Gasteiger partial charge in [0, 0.05) is 69.1 Å². The third-order valence-corrected chi connectivity index (χ3v) is 8.19. The highest BCUT2D eigenvalue weighted by molar-refractivity contribution is 5.86. The van der Waals surface area contributed by atoms with Crippen molar-refractivity contribution in [3.05, 3.63) is 56.6 Å². The molecule has 0 bridgehead atoms. The minimum atomic E-state index is -0.281. The average Bonchev–Trinajstić information content (AvgIpc) is 3.18. The predicted molar refractivity (Wildman–Crippen MR) is 151 cm³/mol. The Balaban J connectivity index is 1.40. The summed E-state index contributed by atoms with van der Waals surface area (Å²) in [7, 11) is 0. The van der Waals surface area contributed by atoms with E-state index in [1.807, 2.05) is 42.1 Å². The summed E-state index contributed by atoms with van der Waals surface area (Å²) in [4.78, 5) is 38.8. The number of H-pyrrole nitrogens is 1. The van der Waals surface area contributed by atoms with Gasteiger partial charge in [0.05, 0.1) is 17.6 Å². The van der Waals surface area contributed by atoms with Crippen molar-refractivity contribution in [2.45, 2.75) is 52.5 Å². The van der Waals surface area contributed by atoms with E-state index in [2.05, 4.69) is 39.7 Å². The molecular formula is C29H38N6O3. The van der Waals surface area contributed by atoms with Crippen molar-refractivity contribution < 1.29 is 9.53 Å². The number of hydrogen-bond donors (Lipinski definition) is 1. The second-order valence-corrected chi connectivity index (χ2v) is 10.6. The Labute approximate surface area is 224 Å². The first-order chi connectivity index (χ1) is 18.4. The molecule has 1 unspecified atom stereocenters. The van der Waals surface area contributed by atoms with E-state index >= 15 is 0 Å². The van der Waals surface area contributed by atoms with Crippen molar-refractivity contribution in [3.63, 3.8) is 0 Å². The van der Waals surface area contributed by atoms with Crippen LogP contribution in [0, 0.1) is 19.8 Å². The SMILES string of the molecule is C=NN(c1c2c([nH]c(=O)c1C)C=C(C)C(C(=O)N1CCCN(c3ncccc3C)CC1)C2)C1CCOCC1. The number of hydrogen-bond acceptors (Lipinski definition) is 7. The number of rotatable bonds is 5. The Morgan fingerprint density at radius 1 is 1.18 bits per heavy atom. The molecule has 0 radical (unpaired) electrons. The molecule has 1 N–H and O–H groups in total. The number of pyridine rings is 2. The molecule has 2 aromatic heterocycles. The van der Waals surface area contributed by atoms with Gasteiger partial charge in [0.15, 0.2) is 0 Å². The molecule has 3 aliphatic rings. The number of amides is 1. The van der Waals surface area contributed by atoms with Gasteiger partial charge < -0.3 is 19.5 Å². The molecule has 202 valence electrons. The zero-order valence-corrected chi connectivity index (χ0v) is 22.7. The summed E-state index contributed by atoms with van der Waals surface area (Å²) < 4.78 is 5.56. The number of aromatic amines is 1. The van der Waals surface area contributed by atoms with Crippen LogP contribution in [0.15, 0.2) is 33.8 Å². The van der Waals surface area contributed by atoms with Crippen LogP contribution in [-0.2, 0) is 16.0 Å². The van der Waals surface area contributed by atoms with E-state index in [4.69, 9.17) is 4.74 Å². The first-order valence-corrected chi connectivity index (χ1v) is 13.6. The molecule has 2 aromatic rings. The monoisotopic (exact) mass is 518 g/mol. The fourth-order valence-corrected chi connectivity index (χ4v) is 6.05. The Hall–Kier alpha value is -3.46. The van der Waals surface area contributed by atoms with Crippen LogP contribution < -0.4 is 15.5 Å². The van der Waals surface area contributed by atoms with Gasteiger partial charge in [-0.15, -0.1) is 0 Å². The maximum absolute atomic E-state index is 14.0. The molecule has 1 aliphatic carbocycles. The highest BCUT2D eigenvalue weighted by Gasteiger charge is 2.35. The van der Waals surface area contributed by atoms with Gasteiger partial charge in [-0.3, -0.25) is 14.6 Å². The molecule has 9 heteroatoms. The molecule has 5 rings (SSSR count). The summed E-state index contributed by atoms with van der Waals surface area (Å²) in [5.74, 6) is 0.859. The molecule has 1 atom stereocenters. The lowest BCUT2D eigenvalue weighted by Crippen LogP contribution is -2.42. The van der Waals surface area contributed by atoms with E-state index in [-0.39, 0.29) is 23.4 Å². The average molecular weight is 519 g/mol.